The SMILES string of the molecule is CCNc1cc(NC(C)C(CO)SC)cc([N+](=O)[O-])c1. The van der Waals surface area contributed by atoms with Gasteiger partial charge in [-0.15, -0.1) is 0 Å². The molecule has 0 aliphatic rings. The molecule has 0 radical (unpaired) electrons. The summed E-state index contributed by atoms with van der Waals surface area (Å²) in [6, 6.07) is 4.86. The molecule has 6 nitrogen and oxygen atoms in total. The Bertz CT molecular complexity index is 452. The molecule has 7 heteroatoms. The molecule has 2 unspecified atom stereocenters. The molecule has 1 aromatic rings. The topological polar surface area (TPSA) is 87.4 Å². The lowest BCUT2D eigenvalue weighted by Crippen LogP contribution is -2.30. The number of nitro benzene ring substituents is 1. The second-order valence-corrected chi connectivity index (χ2v) is 5.52. The highest BCUT2D eigenvalue weighted by Crippen LogP contribution is 2.26. The van der Waals surface area contributed by atoms with Crippen molar-refractivity contribution in [3.63, 3.8) is 0 Å². The molecule has 0 saturated carbocycles. The fraction of sp³-hybridized carbons (Fsp3) is 0.538. The summed E-state index contributed by atoms with van der Waals surface area (Å²) in [5.74, 6) is 0. The van der Waals surface area contributed by atoms with Gasteiger partial charge in [-0.2, -0.15) is 11.8 Å². The summed E-state index contributed by atoms with van der Waals surface area (Å²) in [5.41, 5.74) is 1.43. The van der Waals surface area contributed by atoms with Gasteiger partial charge >= 0.3 is 0 Å². The van der Waals surface area contributed by atoms with Crippen molar-refractivity contribution < 1.29 is 10.0 Å². The highest BCUT2D eigenvalue weighted by Gasteiger charge is 2.17. The Morgan fingerprint density at radius 2 is 2.05 bits per heavy atom. The summed E-state index contributed by atoms with van der Waals surface area (Å²) in [4.78, 5) is 10.5. The molecular formula is C13H21N3O3S. The number of hydrogen-bond acceptors (Lipinski definition) is 6. The van der Waals surface area contributed by atoms with Crippen LogP contribution in [0, 0.1) is 10.1 Å². The van der Waals surface area contributed by atoms with Crippen molar-refractivity contribution in [1.29, 1.82) is 0 Å². The standard InChI is InChI=1S/C13H21N3O3S/c1-4-14-10-5-11(7-12(6-10)16(18)19)15-9(2)13(8-17)20-3/h5-7,9,13-15,17H,4,8H2,1-3H3. The second kappa shape index (κ2) is 7.96. The normalized spacial score (nSPS) is 13.6. The number of benzene rings is 1. The molecule has 1 rings (SSSR count). The molecule has 3 N–H and O–H groups in total. The minimum atomic E-state index is -0.408. The molecule has 0 aliphatic carbocycles. The predicted octanol–water partition coefficient (Wildman–Crippen LogP) is 2.55. The molecule has 0 aliphatic heterocycles. The average molecular weight is 299 g/mol. The Morgan fingerprint density at radius 1 is 1.40 bits per heavy atom. The molecule has 112 valence electrons. The maximum absolute atomic E-state index is 10.9. The third kappa shape index (κ3) is 4.57. The monoisotopic (exact) mass is 299 g/mol. The summed E-state index contributed by atoms with van der Waals surface area (Å²) in [6.07, 6.45) is 1.93. The van der Waals surface area contributed by atoms with E-state index >= 15 is 0 Å². The smallest absolute Gasteiger partial charge is 0.273 e. The predicted molar refractivity (Wildman–Crippen MR) is 84.7 cm³/mol. The van der Waals surface area contributed by atoms with Gasteiger partial charge in [-0.25, -0.2) is 0 Å². The molecule has 0 heterocycles. The van der Waals surface area contributed by atoms with Crippen LogP contribution in [0.25, 0.3) is 0 Å². The molecule has 0 aromatic heterocycles. The molecule has 0 fully saturated rings. The van der Waals surface area contributed by atoms with Crippen molar-refractivity contribution in [2.45, 2.75) is 25.1 Å². The van der Waals surface area contributed by atoms with Crippen LogP contribution in [0.3, 0.4) is 0 Å². The lowest BCUT2D eigenvalue weighted by atomic mass is 10.2. The van der Waals surface area contributed by atoms with E-state index in [2.05, 4.69) is 10.6 Å². The van der Waals surface area contributed by atoms with Crippen LogP contribution in [0.1, 0.15) is 13.8 Å². The highest BCUT2D eigenvalue weighted by atomic mass is 32.2. The zero-order valence-corrected chi connectivity index (χ0v) is 12.7. The quantitative estimate of drug-likeness (QED) is 0.505. The summed E-state index contributed by atoms with van der Waals surface area (Å²) in [7, 11) is 0. The van der Waals surface area contributed by atoms with E-state index in [0.29, 0.717) is 17.9 Å². The summed E-state index contributed by atoms with van der Waals surface area (Å²) < 4.78 is 0. The maximum atomic E-state index is 10.9. The van der Waals surface area contributed by atoms with Gasteiger partial charge in [-0.1, -0.05) is 0 Å². The highest BCUT2D eigenvalue weighted by molar-refractivity contribution is 7.99. The number of thioether (sulfide) groups is 1. The maximum Gasteiger partial charge on any atom is 0.273 e. The van der Waals surface area contributed by atoms with Gasteiger partial charge in [0.05, 0.1) is 11.5 Å². The van der Waals surface area contributed by atoms with Crippen LogP contribution in [0.5, 0.6) is 0 Å². The van der Waals surface area contributed by atoms with Gasteiger partial charge in [0, 0.05) is 41.3 Å². The van der Waals surface area contributed by atoms with E-state index in [0.717, 1.165) is 0 Å². The molecular weight excluding hydrogens is 278 g/mol. The number of anilines is 2. The van der Waals surface area contributed by atoms with Gasteiger partial charge in [0.1, 0.15) is 0 Å². The minimum absolute atomic E-state index is 0.00600. The Hall–Kier alpha value is -1.47. The van der Waals surface area contributed by atoms with Gasteiger partial charge in [-0.3, -0.25) is 10.1 Å². The summed E-state index contributed by atoms with van der Waals surface area (Å²) >= 11 is 1.56. The van der Waals surface area contributed by atoms with E-state index in [1.54, 1.807) is 11.8 Å². The molecule has 2 atom stereocenters. The van der Waals surface area contributed by atoms with E-state index in [-0.39, 0.29) is 23.6 Å². The molecule has 1 aromatic carbocycles. The van der Waals surface area contributed by atoms with Gasteiger partial charge in [0.15, 0.2) is 0 Å². The third-order valence-corrected chi connectivity index (χ3v) is 4.11. The molecule has 0 bridgehead atoms. The van der Waals surface area contributed by atoms with Crippen LogP contribution >= 0.6 is 11.8 Å². The number of nitrogens with zero attached hydrogens (tertiary/aromatic N) is 1. The van der Waals surface area contributed by atoms with Crippen molar-refractivity contribution >= 4 is 28.8 Å². The largest absolute Gasteiger partial charge is 0.395 e. The van der Waals surface area contributed by atoms with Crippen molar-refractivity contribution in [2.24, 2.45) is 0 Å². The first kappa shape index (κ1) is 16.6. The zero-order chi connectivity index (χ0) is 15.1. The van der Waals surface area contributed by atoms with Gasteiger partial charge in [-0.05, 0) is 26.2 Å². The van der Waals surface area contributed by atoms with Crippen LogP contribution in [0.4, 0.5) is 17.1 Å². The van der Waals surface area contributed by atoms with Crippen LogP contribution in [0.15, 0.2) is 18.2 Å². The first-order valence-corrected chi connectivity index (χ1v) is 7.74. The Labute approximate surface area is 123 Å². The molecule has 0 spiro atoms. The zero-order valence-electron chi connectivity index (χ0n) is 11.9. The van der Waals surface area contributed by atoms with E-state index in [1.807, 2.05) is 26.2 Å². The van der Waals surface area contributed by atoms with Crippen molar-refractivity contribution in [3.05, 3.63) is 28.3 Å². The van der Waals surface area contributed by atoms with Crippen molar-refractivity contribution in [3.8, 4) is 0 Å². The third-order valence-electron chi connectivity index (χ3n) is 2.94. The lowest BCUT2D eigenvalue weighted by Gasteiger charge is -2.22. The van der Waals surface area contributed by atoms with Crippen molar-refractivity contribution in [1.82, 2.24) is 0 Å². The Balaban J connectivity index is 2.95. The Kier molecular flexibility index (Phi) is 6.60. The van der Waals surface area contributed by atoms with Crippen LogP contribution in [-0.4, -0.2) is 40.7 Å². The number of rotatable bonds is 8. The first-order chi connectivity index (χ1) is 9.51. The molecule has 0 saturated heterocycles. The number of aliphatic hydroxyl groups is 1. The molecule has 20 heavy (non-hydrogen) atoms. The van der Waals surface area contributed by atoms with E-state index < -0.39 is 4.92 Å². The van der Waals surface area contributed by atoms with Gasteiger partial charge in [0.25, 0.3) is 5.69 Å². The minimum Gasteiger partial charge on any atom is -0.395 e. The first-order valence-electron chi connectivity index (χ1n) is 6.45. The number of hydrogen-bond donors (Lipinski definition) is 3. The number of nitrogens with one attached hydrogen (secondary N) is 2. The fourth-order valence-electron chi connectivity index (χ4n) is 1.90. The lowest BCUT2D eigenvalue weighted by molar-refractivity contribution is -0.384. The van der Waals surface area contributed by atoms with Crippen molar-refractivity contribution in [2.75, 3.05) is 30.0 Å². The summed E-state index contributed by atoms with van der Waals surface area (Å²) in [5, 5.41) is 26.5. The van der Waals surface area contributed by atoms with Crippen LogP contribution < -0.4 is 10.6 Å². The number of nitro groups is 1. The van der Waals surface area contributed by atoms with Gasteiger partial charge < -0.3 is 15.7 Å². The molecule has 0 amide bonds. The van der Waals surface area contributed by atoms with E-state index in [4.69, 9.17) is 0 Å². The number of non-ortho nitro benzene ring substituents is 1. The average Bonchev–Trinajstić information content (AvgIpc) is 2.40. The fourth-order valence-corrected chi connectivity index (χ4v) is 2.52. The van der Waals surface area contributed by atoms with Gasteiger partial charge in [0.2, 0.25) is 0 Å². The van der Waals surface area contributed by atoms with Crippen LogP contribution in [0.2, 0.25) is 0 Å². The second-order valence-electron chi connectivity index (χ2n) is 4.45. The van der Waals surface area contributed by atoms with E-state index in [1.165, 1.54) is 12.1 Å². The van der Waals surface area contributed by atoms with E-state index in [9.17, 15) is 15.2 Å². The van der Waals surface area contributed by atoms with Crippen LogP contribution in [-0.2, 0) is 0 Å². The summed E-state index contributed by atoms with van der Waals surface area (Å²) in [6.45, 7) is 4.64. The Morgan fingerprint density at radius 3 is 2.55 bits per heavy atom. The number of aliphatic hydroxyl groups excluding tert-OH is 1.